The largest absolute Gasteiger partial charge is 0.309 e. The predicted molar refractivity (Wildman–Crippen MR) is 273 cm³/mol. The van der Waals surface area contributed by atoms with Crippen LogP contribution in [-0.2, 0) is 5.41 Å². The summed E-state index contributed by atoms with van der Waals surface area (Å²) in [6, 6.07) is 76.5. The molecule has 0 amide bonds. The molecule has 0 N–H and O–H groups in total. The Kier molecular flexibility index (Phi) is 8.20. The van der Waals surface area contributed by atoms with Gasteiger partial charge in [-0.25, -0.2) is 9.97 Å². The van der Waals surface area contributed by atoms with Crippen molar-refractivity contribution in [2.45, 2.75) is 19.3 Å². The Morgan fingerprint density at radius 2 is 1.03 bits per heavy atom. The number of rotatable bonds is 6. The van der Waals surface area contributed by atoms with Gasteiger partial charge in [0.2, 0.25) is 0 Å². The number of hydrogen-bond donors (Lipinski definition) is 0. The normalized spacial score (nSPS) is 13.5. The summed E-state index contributed by atoms with van der Waals surface area (Å²) in [7, 11) is -3.08. The SMILES string of the molecule is CC1(C)c2ccc([Si](c3ccccc3)(c3ccccc3)c3ccc4c5ccccc5n5ccnc5c4c3)cc2N(c2ccccn2)c2cc3c4ccccc4n(-c4ccccc4)c3cc21. The molecule has 308 valence electrons. The van der Waals surface area contributed by atoms with Crippen molar-refractivity contribution in [3.05, 3.63) is 236 Å². The highest BCUT2D eigenvalue weighted by Gasteiger charge is 2.45. The van der Waals surface area contributed by atoms with Crippen LogP contribution in [0.15, 0.2) is 225 Å². The van der Waals surface area contributed by atoms with Gasteiger partial charge in [0.15, 0.2) is 8.07 Å². The molecular formula is C59H43N5Si. The molecule has 0 spiro atoms. The lowest BCUT2D eigenvalue weighted by Crippen LogP contribution is -2.74. The molecule has 0 saturated carbocycles. The van der Waals surface area contributed by atoms with Gasteiger partial charge in [-0.05, 0) is 91.9 Å². The van der Waals surface area contributed by atoms with Crippen LogP contribution in [0.25, 0.3) is 54.8 Å². The zero-order valence-corrected chi connectivity index (χ0v) is 37.1. The van der Waals surface area contributed by atoms with Crippen LogP contribution in [-0.4, -0.2) is 27.0 Å². The Bertz CT molecular complexity index is 3760. The van der Waals surface area contributed by atoms with Crippen molar-refractivity contribution < 1.29 is 0 Å². The second-order valence-electron chi connectivity index (χ2n) is 17.8. The molecule has 65 heavy (non-hydrogen) atoms. The molecule has 6 heteroatoms. The third-order valence-electron chi connectivity index (χ3n) is 14.1. The van der Waals surface area contributed by atoms with Crippen LogP contribution < -0.4 is 25.6 Å². The fourth-order valence-electron chi connectivity index (χ4n) is 11.2. The molecule has 0 saturated heterocycles. The lowest BCUT2D eigenvalue weighted by Gasteiger charge is -2.43. The van der Waals surface area contributed by atoms with Gasteiger partial charge >= 0.3 is 0 Å². The number of benzene rings is 8. The molecule has 0 atom stereocenters. The van der Waals surface area contributed by atoms with E-state index in [9.17, 15) is 0 Å². The molecule has 0 unspecified atom stereocenters. The molecule has 0 fully saturated rings. The maximum absolute atomic E-state index is 5.12. The van der Waals surface area contributed by atoms with Crippen LogP contribution in [0.1, 0.15) is 25.0 Å². The van der Waals surface area contributed by atoms with Gasteiger partial charge in [-0.1, -0.05) is 166 Å². The molecule has 5 heterocycles. The van der Waals surface area contributed by atoms with Crippen molar-refractivity contribution in [2.75, 3.05) is 4.90 Å². The zero-order chi connectivity index (χ0) is 43.3. The second-order valence-corrected chi connectivity index (χ2v) is 21.6. The molecule has 0 aliphatic carbocycles. The Balaban J connectivity index is 1.12. The van der Waals surface area contributed by atoms with E-state index in [0.29, 0.717) is 0 Å². The molecule has 0 radical (unpaired) electrons. The number of imidazole rings is 1. The first-order valence-electron chi connectivity index (χ1n) is 22.4. The van der Waals surface area contributed by atoms with Crippen LogP contribution in [0, 0.1) is 0 Å². The van der Waals surface area contributed by atoms with Crippen LogP contribution in [0.2, 0.25) is 0 Å². The van der Waals surface area contributed by atoms with Crippen LogP contribution in [0.4, 0.5) is 17.2 Å². The summed E-state index contributed by atoms with van der Waals surface area (Å²) >= 11 is 0. The summed E-state index contributed by atoms with van der Waals surface area (Å²) in [4.78, 5) is 12.5. The van der Waals surface area contributed by atoms with E-state index < -0.39 is 8.07 Å². The molecule has 5 nitrogen and oxygen atoms in total. The molecule has 1 aliphatic heterocycles. The van der Waals surface area contributed by atoms with E-state index in [2.05, 4.69) is 234 Å². The number of anilines is 3. The third kappa shape index (κ3) is 5.38. The van der Waals surface area contributed by atoms with Crippen LogP contribution >= 0.6 is 0 Å². The van der Waals surface area contributed by atoms with E-state index in [4.69, 9.17) is 9.97 Å². The molecular weight excluding hydrogens is 807 g/mol. The summed E-state index contributed by atoms with van der Waals surface area (Å²) in [6.45, 7) is 4.79. The minimum atomic E-state index is -3.08. The maximum Gasteiger partial charge on any atom is 0.179 e. The number of hydrogen-bond acceptors (Lipinski definition) is 3. The molecule has 4 aromatic heterocycles. The molecule has 8 aromatic carbocycles. The monoisotopic (exact) mass is 849 g/mol. The molecule has 13 rings (SSSR count). The van der Waals surface area contributed by atoms with E-state index in [1.165, 1.54) is 64.5 Å². The number of fused-ring (bicyclic) bond motifs is 11. The Labute approximate surface area is 378 Å². The fraction of sp³-hybridized carbons (Fsp3) is 0.0508. The van der Waals surface area contributed by atoms with Crippen molar-refractivity contribution in [1.82, 2.24) is 18.9 Å². The maximum atomic E-state index is 5.12. The number of aromatic nitrogens is 4. The molecule has 12 aromatic rings. The zero-order valence-electron chi connectivity index (χ0n) is 36.1. The van der Waals surface area contributed by atoms with Crippen LogP contribution in [0.5, 0.6) is 0 Å². The van der Waals surface area contributed by atoms with Crippen molar-refractivity contribution in [3.63, 3.8) is 0 Å². The Hall–Kier alpha value is -8.06. The van der Waals surface area contributed by atoms with E-state index in [1.54, 1.807) is 0 Å². The lowest BCUT2D eigenvalue weighted by atomic mass is 9.73. The van der Waals surface area contributed by atoms with Gasteiger partial charge in [-0.3, -0.25) is 9.30 Å². The fourth-order valence-corrected chi connectivity index (χ4v) is 16.0. The average Bonchev–Trinajstić information content (AvgIpc) is 3.99. The summed E-state index contributed by atoms with van der Waals surface area (Å²) in [5.74, 6) is 0.889. The van der Waals surface area contributed by atoms with Gasteiger partial charge in [0.25, 0.3) is 0 Å². The number of nitrogens with zero attached hydrogens (tertiary/aromatic N) is 5. The number of pyridine rings is 2. The van der Waals surface area contributed by atoms with Gasteiger partial charge in [0.05, 0.1) is 27.9 Å². The van der Waals surface area contributed by atoms with Crippen molar-refractivity contribution in [2.24, 2.45) is 0 Å². The highest BCUT2D eigenvalue weighted by Crippen LogP contribution is 2.53. The summed E-state index contributed by atoms with van der Waals surface area (Å²) in [6.07, 6.45) is 5.93. The summed E-state index contributed by atoms with van der Waals surface area (Å²) in [5.41, 5.74) is 10.1. The second kappa shape index (κ2) is 14.2. The van der Waals surface area contributed by atoms with Gasteiger partial charge in [0.1, 0.15) is 11.5 Å². The van der Waals surface area contributed by atoms with Gasteiger partial charge in [0, 0.05) is 51.2 Å². The van der Waals surface area contributed by atoms with E-state index >= 15 is 0 Å². The van der Waals surface area contributed by atoms with E-state index in [-0.39, 0.29) is 5.41 Å². The Morgan fingerprint density at radius 1 is 0.415 bits per heavy atom. The van der Waals surface area contributed by atoms with Crippen molar-refractivity contribution >= 4 is 95.1 Å². The van der Waals surface area contributed by atoms with Crippen molar-refractivity contribution in [3.8, 4) is 5.69 Å². The first-order chi connectivity index (χ1) is 32.0. The lowest BCUT2D eigenvalue weighted by molar-refractivity contribution is 0.632. The average molecular weight is 850 g/mol. The minimum Gasteiger partial charge on any atom is -0.309 e. The first-order valence-corrected chi connectivity index (χ1v) is 24.4. The van der Waals surface area contributed by atoms with Gasteiger partial charge in [-0.2, -0.15) is 0 Å². The smallest absolute Gasteiger partial charge is 0.179 e. The summed E-state index contributed by atoms with van der Waals surface area (Å²) < 4.78 is 4.67. The molecule has 1 aliphatic rings. The standard InChI is InChI=1S/C59H43N5Si/c1-59(2)50-32-30-44(37-55(50)64(57-28-16-17-33-60-57)56-38-48-47-25-13-15-27-53(47)63(54(48)39-51(56)59)40-18-6-3-7-19-40)65(41-20-8-4-9-21-41,42-22-10-5-11-23-42)43-29-31-45-46-24-12-14-26-52(46)62-35-34-61-58(62)49(45)36-43/h3-39H,1-2H3. The first kappa shape index (κ1) is 37.5. The minimum absolute atomic E-state index is 0.360. The topological polar surface area (TPSA) is 38.4 Å². The van der Waals surface area contributed by atoms with Gasteiger partial charge in [-0.15, -0.1) is 0 Å². The highest BCUT2D eigenvalue weighted by atomic mass is 28.3. The quantitative estimate of drug-likeness (QED) is 0.0950. The summed E-state index contributed by atoms with van der Waals surface area (Å²) in [5, 5.41) is 11.3. The molecule has 0 bridgehead atoms. The third-order valence-corrected chi connectivity index (χ3v) is 18.9. The van der Waals surface area contributed by atoms with Crippen molar-refractivity contribution in [1.29, 1.82) is 0 Å². The van der Waals surface area contributed by atoms with E-state index in [0.717, 1.165) is 39.4 Å². The number of para-hydroxylation sites is 3. The highest BCUT2D eigenvalue weighted by molar-refractivity contribution is 7.20. The Morgan fingerprint density at radius 3 is 1.75 bits per heavy atom. The predicted octanol–water partition coefficient (Wildman–Crippen LogP) is 11.6. The van der Waals surface area contributed by atoms with E-state index in [1.807, 2.05) is 18.5 Å². The van der Waals surface area contributed by atoms with Gasteiger partial charge < -0.3 is 4.57 Å². The van der Waals surface area contributed by atoms with Crippen LogP contribution in [0.3, 0.4) is 0 Å².